The third-order valence-corrected chi connectivity index (χ3v) is 4.80. The number of benzene rings is 2. The minimum Gasteiger partial charge on any atom is -0.323 e. The predicted molar refractivity (Wildman–Crippen MR) is 105 cm³/mol. The summed E-state index contributed by atoms with van der Waals surface area (Å²) in [4.78, 5) is 38.3. The van der Waals surface area contributed by atoms with Crippen molar-refractivity contribution in [3.8, 4) is 0 Å². The summed E-state index contributed by atoms with van der Waals surface area (Å²) in [6, 6.07) is 12.8. The van der Waals surface area contributed by atoms with Crippen LogP contribution in [0.5, 0.6) is 0 Å². The first-order chi connectivity index (χ1) is 13.0. The molecule has 1 aliphatic rings. The summed E-state index contributed by atoms with van der Waals surface area (Å²) in [6.45, 7) is 1.95. The van der Waals surface area contributed by atoms with Crippen LogP contribution in [0.3, 0.4) is 0 Å². The van der Waals surface area contributed by atoms with Crippen molar-refractivity contribution < 1.29 is 14.4 Å². The molecule has 0 aromatic heterocycles. The number of Topliss-reactive ketones (excluding diaryl/α,β-unsaturated/α-hetero) is 1. The highest BCUT2D eigenvalue weighted by atomic mass is 35.5. The minimum atomic E-state index is -0.572. The average Bonchev–Trinajstić information content (AvgIpc) is 3.14. The van der Waals surface area contributed by atoms with Gasteiger partial charge in [-0.3, -0.25) is 9.59 Å². The van der Waals surface area contributed by atoms with Crippen LogP contribution in [-0.4, -0.2) is 35.2 Å². The molecule has 1 saturated heterocycles. The highest BCUT2D eigenvalue weighted by Crippen LogP contribution is 2.24. The second-order valence-electron chi connectivity index (χ2n) is 6.39. The van der Waals surface area contributed by atoms with Gasteiger partial charge in [-0.05, 0) is 44.0 Å². The predicted octanol–water partition coefficient (Wildman–Crippen LogP) is 4.18. The molecule has 140 valence electrons. The van der Waals surface area contributed by atoms with E-state index in [0.29, 0.717) is 34.9 Å². The van der Waals surface area contributed by atoms with Gasteiger partial charge in [-0.25, -0.2) is 4.79 Å². The molecule has 2 aromatic carbocycles. The maximum Gasteiger partial charge on any atom is 0.322 e. The Morgan fingerprint density at radius 1 is 1.07 bits per heavy atom. The molecule has 0 saturated carbocycles. The number of ketones is 1. The van der Waals surface area contributed by atoms with Gasteiger partial charge in [0, 0.05) is 17.8 Å². The first-order valence-electron chi connectivity index (χ1n) is 8.70. The highest BCUT2D eigenvalue weighted by Gasteiger charge is 2.34. The summed E-state index contributed by atoms with van der Waals surface area (Å²) in [7, 11) is 0. The molecule has 6 nitrogen and oxygen atoms in total. The molecule has 1 atom stereocenters. The van der Waals surface area contributed by atoms with Gasteiger partial charge in [0.1, 0.15) is 6.04 Å². The summed E-state index contributed by atoms with van der Waals surface area (Å²) in [6.07, 6.45) is 1.32. The molecule has 0 unspecified atom stereocenters. The topological polar surface area (TPSA) is 78.5 Å². The first kappa shape index (κ1) is 18.9. The van der Waals surface area contributed by atoms with Crippen molar-refractivity contribution in [2.75, 3.05) is 17.2 Å². The molecule has 3 rings (SSSR count). The molecular formula is C20H20ClN3O3. The number of nitrogens with one attached hydrogen (secondary N) is 2. The summed E-state index contributed by atoms with van der Waals surface area (Å²) in [5, 5.41) is 6.00. The first-order valence-corrected chi connectivity index (χ1v) is 9.07. The van der Waals surface area contributed by atoms with Gasteiger partial charge in [-0.15, -0.1) is 0 Å². The zero-order valence-corrected chi connectivity index (χ0v) is 15.6. The van der Waals surface area contributed by atoms with E-state index in [0.717, 1.165) is 6.42 Å². The van der Waals surface area contributed by atoms with Crippen LogP contribution in [0.1, 0.15) is 30.1 Å². The van der Waals surface area contributed by atoms with Crippen LogP contribution in [0.2, 0.25) is 5.02 Å². The third-order valence-electron chi connectivity index (χ3n) is 4.47. The van der Waals surface area contributed by atoms with Gasteiger partial charge in [0.05, 0.1) is 10.7 Å². The van der Waals surface area contributed by atoms with E-state index >= 15 is 0 Å². The number of anilines is 2. The quantitative estimate of drug-likeness (QED) is 0.775. The maximum atomic E-state index is 12.7. The molecule has 0 spiro atoms. The van der Waals surface area contributed by atoms with Crippen molar-refractivity contribution in [3.05, 3.63) is 59.1 Å². The number of carbonyl (C=O) groups is 3. The number of halogens is 1. The molecule has 27 heavy (non-hydrogen) atoms. The summed E-state index contributed by atoms with van der Waals surface area (Å²) >= 11 is 6.09. The molecule has 0 radical (unpaired) electrons. The lowest BCUT2D eigenvalue weighted by molar-refractivity contribution is -0.119. The number of hydrogen-bond acceptors (Lipinski definition) is 3. The standard InChI is InChI=1S/C20H20ClN3O3/c1-13(25)14-6-4-7-15(12-14)22-20(27)24-11-5-10-18(24)19(26)23-17-9-3-2-8-16(17)21/h2-4,6-9,12,18H,5,10-11H2,1H3,(H,22,27)(H,23,26)/t18-/m0/s1. The number of para-hydroxylation sites is 1. The van der Waals surface area contributed by atoms with Crippen LogP contribution >= 0.6 is 11.6 Å². The van der Waals surface area contributed by atoms with E-state index in [1.807, 2.05) is 0 Å². The lowest BCUT2D eigenvalue weighted by Crippen LogP contribution is -2.45. The lowest BCUT2D eigenvalue weighted by atomic mass is 10.1. The number of nitrogens with zero attached hydrogens (tertiary/aromatic N) is 1. The van der Waals surface area contributed by atoms with Crippen molar-refractivity contribution in [2.24, 2.45) is 0 Å². The van der Waals surface area contributed by atoms with Crippen molar-refractivity contribution in [3.63, 3.8) is 0 Å². The number of urea groups is 1. The van der Waals surface area contributed by atoms with E-state index in [9.17, 15) is 14.4 Å². The SMILES string of the molecule is CC(=O)c1cccc(NC(=O)N2CCC[C@H]2C(=O)Nc2ccccc2Cl)c1. The van der Waals surface area contributed by atoms with Crippen molar-refractivity contribution in [1.82, 2.24) is 4.90 Å². The fraction of sp³-hybridized carbons (Fsp3) is 0.250. The van der Waals surface area contributed by atoms with Gasteiger partial charge < -0.3 is 15.5 Å². The highest BCUT2D eigenvalue weighted by molar-refractivity contribution is 6.33. The van der Waals surface area contributed by atoms with E-state index < -0.39 is 6.04 Å². The average molecular weight is 386 g/mol. The molecular weight excluding hydrogens is 366 g/mol. The Bertz CT molecular complexity index is 884. The molecule has 0 aliphatic carbocycles. The zero-order chi connectivity index (χ0) is 19.4. The Morgan fingerprint density at radius 3 is 2.59 bits per heavy atom. The number of carbonyl (C=O) groups excluding carboxylic acids is 3. The summed E-state index contributed by atoms with van der Waals surface area (Å²) in [5.41, 5.74) is 1.55. The maximum absolute atomic E-state index is 12.7. The second kappa shape index (κ2) is 8.22. The molecule has 1 aliphatic heterocycles. The number of rotatable bonds is 4. The zero-order valence-electron chi connectivity index (χ0n) is 14.9. The Labute approximate surface area is 162 Å². The van der Waals surface area contributed by atoms with E-state index in [4.69, 9.17) is 11.6 Å². The monoisotopic (exact) mass is 385 g/mol. The largest absolute Gasteiger partial charge is 0.323 e. The Hall–Kier alpha value is -2.86. The molecule has 2 aromatic rings. The van der Waals surface area contributed by atoms with Gasteiger partial charge in [0.2, 0.25) is 5.91 Å². The van der Waals surface area contributed by atoms with E-state index in [2.05, 4.69) is 10.6 Å². The van der Waals surface area contributed by atoms with Gasteiger partial charge in [0.15, 0.2) is 5.78 Å². The van der Waals surface area contributed by atoms with Crippen LogP contribution < -0.4 is 10.6 Å². The van der Waals surface area contributed by atoms with Gasteiger partial charge >= 0.3 is 6.03 Å². The summed E-state index contributed by atoms with van der Waals surface area (Å²) in [5.74, 6) is -0.350. The molecule has 2 N–H and O–H groups in total. The number of hydrogen-bond donors (Lipinski definition) is 2. The van der Waals surface area contributed by atoms with Gasteiger partial charge in [-0.1, -0.05) is 35.9 Å². The fourth-order valence-electron chi connectivity index (χ4n) is 3.07. The molecule has 7 heteroatoms. The van der Waals surface area contributed by atoms with Gasteiger partial charge in [-0.2, -0.15) is 0 Å². The van der Waals surface area contributed by atoms with Crippen molar-refractivity contribution >= 4 is 40.7 Å². The summed E-state index contributed by atoms with van der Waals surface area (Å²) < 4.78 is 0. The molecule has 1 heterocycles. The van der Waals surface area contributed by atoms with Crippen LogP contribution in [-0.2, 0) is 4.79 Å². The van der Waals surface area contributed by atoms with Crippen LogP contribution in [0.25, 0.3) is 0 Å². The minimum absolute atomic E-state index is 0.0794. The van der Waals surface area contributed by atoms with E-state index in [-0.39, 0.29) is 17.7 Å². The Balaban J connectivity index is 1.69. The van der Waals surface area contributed by atoms with Gasteiger partial charge in [0.25, 0.3) is 0 Å². The van der Waals surface area contributed by atoms with Crippen molar-refractivity contribution in [1.29, 1.82) is 0 Å². The fourth-order valence-corrected chi connectivity index (χ4v) is 3.26. The Kier molecular flexibility index (Phi) is 5.76. The molecule has 3 amide bonds. The number of likely N-dealkylation sites (tertiary alicyclic amines) is 1. The third kappa shape index (κ3) is 4.46. The van der Waals surface area contributed by atoms with Crippen LogP contribution in [0.15, 0.2) is 48.5 Å². The smallest absolute Gasteiger partial charge is 0.322 e. The lowest BCUT2D eigenvalue weighted by Gasteiger charge is -2.24. The van der Waals surface area contributed by atoms with Crippen LogP contribution in [0.4, 0.5) is 16.2 Å². The number of amides is 3. The normalized spacial score (nSPS) is 16.1. The molecule has 1 fully saturated rings. The Morgan fingerprint density at radius 2 is 1.85 bits per heavy atom. The van der Waals surface area contributed by atoms with E-state index in [1.54, 1.807) is 48.5 Å². The van der Waals surface area contributed by atoms with E-state index in [1.165, 1.54) is 11.8 Å². The second-order valence-corrected chi connectivity index (χ2v) is 6.79. The van der Waals surface area contributed by atoms with Crippen LogP contribution in [0, 0.1) is 0 Å². The molecule has 0 bridgehead atoms. The van der Waals surface area contributed by atoms with Crippen molar-refractivity contribution in [2.45, 2.75) is 25.8 Å².